The Morgan fingerprint density at radius 2 is 1.86 bits per heavy atom. The van der Waals surface area contributed by atoms with E-state index in [2.05, 4.69) is 19.2 Å². The van der Waals surface area contributed by atoms with Gasteiger partial charge < -0.3 is 15.3 Å². The minimum Gasteiger partial charge on any atom is -0.481 e. The van der Waals surface area contributed by atoms with Crippen molar-refractivity contribution in [2.24, 2.45) is 17.8 Å². The molecule has 4 atom stereocenters. The summed E-state index contributed by atoms with van der Waals surface area (Å²) in [5.41, 5.74) is 0.711. The Labute approximate surface area is 164 Å². The number of nitro groups is 1. The molecule has 3 rings (SSSR count). The molecule has 2 fully saturated rings. The lowest BCUT2D eigenvalue weighted by Crippen LogP contribution is -2.39. The standard InChI is InChI=1S/C20H27N3O5/c1-12-7-13(2)11-22(10-12)17-6-4-14(9-18(17)23(27)28)19(24)21-16-5-3-15(8-16)20(25)26/h4,6,9,12-13,15-16H,3,5,7-8,10-11H2,1-2H3,(H,21,24)(H,25,26)/t12?,13?,15-,16+/m0/s1. The van der Waals surface area contributed by atoms with Crippen LogP contribution in [0.2, 0.25) is 0 Å². The minimum atomic E-state index is -0.846. The maximum atomic E-state index is 12.5. The zero-order valence-electron chi connectivity index (χ0n) is 16.3. The molecule has 0 radical (unpaired) electrons. The highest BCUT2D eigenvalue weighted by Crippen LogP contribution is 2.34. The smallest absolute Gasteiger partial charge is 0.306 e. The van der Waals surface area contributed by atoms with E-state index in [1.807, 2.05) is 4.90 Å². The first kappa shape index (κ1) is 20.1. The molecule has 0 spiro atoms. The van der Waals surface area contributed by atoms with Gasteiger partial charge in [-0.25, -0.2) is 0 Å². The summed E-state index contributed by atoms with van der Waals surface area (Å²) >= 11 is 0. The molecule has 28 heavy (non-hydrogen) atoms. The summed E-state index contributed by atoms with van der Waals surface area (Å²) in [6, 6.07) is 4.40. The van der Waals surface area contributed by atoms with Crippen molar-refractivity contribution in [1.82, 2.24) is 5.32 Å². The van der Waals surface area contributed by atoms with Crippen molar-refractivity contribution in [3.8, 4) is 0 Å². The molecule has 1 amide bonds. The van der Waals surface area contributed by atoms with Crippen molar-refractivity contribution in [1.29, 1.82) is 0 Å². The fourth-order valence-electron chi connectivity index (χ4n) is 4.54. The fraction of sp³-hybridized carbons (Fsp3) is 0.600. The normalized spacial score (nSPS) is 27.4. The number of carbonyl (C=O) groups excluding carboxylic acids is 1. The van der Waals surface area contributed by atoms with Gasteiger partial charge in [0.25, 0.3) is 11.6 Å². The van der Waals surface area contributed by atoms with Crippen LogP contribution in [0.5, 0.6) is 0 Å². The molecule has 2 N–H and O–H groups in total. The van der Waals surface area contributed by atoms with E-state index in [1.54, 1.807) is 12.1 Å². The molecule has 1 heterocycles. The van der Waals surface area contributed by atoms with E-state index in [0.717, 1.165) is 19.5 Å². The molecule has 1 aromatic rings. The summed E-state index contributed by atoms with van der Waals surface area (Å²) in [6.45, 7) is 5.80. The first-order valence-corrected chi connectivity index (χ1v) is 9.81. The number of nitro benzene ring substituents is 1. The highest BCUT2D eigenvalue weighted by molar-refractivity contribution is 5.96. The predicted octanol–water partition coefficient (Wildman–Crippen LogP) is 3.06. The van der Waals surface area contributed by atoms with E-state index >= 15 is 0 Å². The van der Waals surface area contributed by atoms with Crippen LogP contribution in [0.25, 0.3) is 0 Å². The van der Waals surface area contributed by atoms with Crippen molar-refractivity contribution in [3.63, 3.8) is 0 Å². The zero-order valence-corrected chi connectivity index (χ0v) is 16.3. The number of nitrogens with zero attached hydrogens (tertiary/aromatic N) is 2. The van der Waals surface area contributed by atoms with E-state index in [9.17, 15) is 19.7 Å². The van der Waals surface area contributed by atoms with Gasteiger partial charge in [0.05, 0.1) is 10.8 Å². The van der Waals surface area contributed by atoms with Gasteiger partial charge in [0, 0.05) is 30.8 Å². The molecular weight excluding hydrogens is 362 g/mol. The van der Waals surface area contributed by atoms with Gasteiger partial charge in [-0.1, -0.05) is 13.8 Å². The lowest BCUT2D eigenvalue weighted by Gasteiger charge is -2.36. The van der Waals surface area contributed by atoms with Crippen LogP contribution >= 0.6 is 0 Å². The number of rotatable bonds is 5. The second-order valence-electron chi connectivity index (χ2n) is 8.33. The van der Waals surface area contributed by atoms with E-state index in [4.69, 9.17) is 5.11 Å². The van der Waals surface area contributed by atoms with Crippen LogP contribution in [-0.2, 0) is 4.79 Å². The number of hydrogen-bond donors (Lipinski definition) is 2. The average molecular weight is 389 g/mol. The van der Waals surface area contributed by atoms with Crippen LogP contribution < -0.4 is 10.2 Å². The van der Waals surface area contributed by atoms with Crippen LogP contribution in [0.1, 0.15) is 49.9 Å². The molecule has 1 saturated carbocycles. The van der Waals surface area contributed by atoms with Crippen molar-refractivity contribution in [3.05, 3.63) is 33.9 Å². The molecule has 2 unspecified atom stereocenters. The average Bonchev–Trinajstić information content (AvgIpc) is 3.09. The third kappa shape index (κ3) is 4.43. The highest BCUT2D eigenvalue weighted by atomic mass is 16.6. The molecule has 152 valence electrons. The Balaban J connectivity index is 1.76. The molecule has 1 aliphatic heterocycles. The van der Waals surface area contributed by atoms with Crippen LogP contribution in [0.3, 0.4) is 0 Å². The van der Waals surface area contributed by atoms with Crippen LogP contribution in [-0.4, -0.2) is 41.0 Å². The van der Waals surface area contributed by atoms with Crippen molar-refractivity contribution in [2.75, 3.05) is 18.0 Å². The minimum absolute atomic E-state index is 0.0659. The summed E-state index contributed by atoms with van der Waals surface area (Å²) < 4.78 is 0. The van der Waals surface area contributed by atoms with Crippen LogP contribution in [0.15, 0.2) is 18.2 Å². The molecule has 1 aromatic carbocycles. The van der Waals surface area contributed by atoms with E-state index in [1.165, 1.54) is 6.07 Å². The summed E-state index contributed by atoms with van der Waals surface area (Å²) in [6.07, 6.45) is 2.63. The molecular formula is C20H27N3O5. The third-order valence-corrected chi connectivity index (χ3v) is 5.76. The zero-order chi connectivity index (χ0) is 20.4. The number of carboxylic acids is 1. The molecule has 1 saturated heterocycles. The summed E-state index contributed by atoms with van der Waals surface area (Å²) in [7, 11) is 0. The number of amides is 1. The fourth-order valence-corrected chi connectivity index (χ4v) is 4.54. The van der Waals surface area contributed by atoms with Gasteiger partial charge in [-0.05, 0) is 49.7 Å². The first-order chi connectivity index (χ1) is 13.2. The van der Waals surface area contributed by atoms with E-state index in [0.29, 0.717) is 36.8 Å². The highest BCUT2D eigenvalue weighted by Gasteiger charge is 2.32. The van der Waals surface area contributed by atoms with Gasteiger partial charge in [-0.2, -0.15) is 0 Å². The largest absolute Gasteiger partial charge is 0.481 e. The molecule has 2 aliphatic rings. The van der Waals surface area contributed by atoms with Crippen LogP contribution in [0.4, 0.5) is 11.4 Å². The molecule has 8 nitrogen and oxygen atoms in total. The van der Waals surface area contributed by atoms with E-state index < -0.39 is 22.7 Å². The van der Waals surface area contributed by atoms with Crippen molar-refractivity contribution < 1.29 is 19.6 Å². The molecule has 8 heteroatoms. The number of carboxylic acid groups (broad SMARTS) is 1. The Kier molecular flexibility index (Phi) is 5.86. The Morgan fingerprint density at radius 1 is 1.18 bits per heavy atom. The van der Waals surface area contributed by atoms with Crippen LogP contribution in [0, 0.1) is 27.9 Å². The second-order valence-corrected chi connectivity index (χ2v) is 8.33. The van der Waals surface area contributed by atoms with Gasteiger partial charge in [-0.15, -0.1) is 0 Å². The summed E-state index contributed by atoms with van der Waals surface area (Å²) in [5.74, 6) is -0.773. The number of nitrogens with one attached hydrogen (secondary N) is 1. The Hall–Kier alpha value is -2.64. The molecule has 0 bridgehead atoms. The quantitative estimate of drug-likeness (QED) is 0.591. The second kappa shape index (κ2) is 8.16. The summed E-state index contributed by atoms with van der Waals surface area (Å²) in [5, 5.41) is 23.5. The lowest BCUT2D eigenvalue weighted by molar-refractivity contribution is -0.384. The Bertz CT molecular complexity index is 771. The maximum absolute atomic E-state index is 12.5. The maximum Gasteiger partial charge on any atom is 0.306 e. The first-order valence-electron chi connectivity index (χ1n) is 9.81. The van der Waals surface area contributed by atoms with Gasteiger partial charge in [0.15, 0.2) is 0 Å². The van der Waals surface area contributed by atoms with Crippen molar-refractivity contribution >= 4 is 23.3 Å². The monoisotopic (exact) mass is 389 g/mol. The predicted molar refractivity (Wildman–Crippen MR) is 104 cm³/mol. The third-order valence-electron chi connectivity index (χ3n) is 5.76. The summed E-state index contributed by atoms with van der Waals surface area (Å²) in [4.78, 5) is 36.9. The van der Waals surface area contributed by atoms with Gasteiger partial charge in [0.1, 0.15) is 5.69 Å². The number of anilines is 1. The van der Waals surface area contributed by atoms with Gasteiger partial charge in [0.2, 0.25) is 0 Å². The molecule has 0 aromatic heterocycles. The topological polar surface area (TPSA) is 113 Å². The van der Waals surface area contributed by atoms with Crippen molar-refractivity contribution in [2.45, 2.75) is 45.6 Å². The Morgan fingerprint density at radius 3 is 2.43 bits per heavy atom. The van der Waals surface area contributed by atoms with Gasteiger partial charge >= 0.3 is 5.97 Å². The number of piperidine rings is 1. The van der Waals surface area contributed by atoms with E-state index in [-0.39, 0.29) is 17.3 Å². The number of hydrogen-bond acceptors (Lipinski definition) is 5. The number of carbonyl (C=O) groups is 2. The number of benzene rings is 1. The number of aliphatic carboxylic acids is 1. The van der Waals surface area contributed by atoms with Gasteiger partial charge in [-0.3, -0.25) is 19.7 Å². The lowest BCUT2D eigenvalue weighted by atomic mass is 9.91. The molecule has 1 aliphatic carbocycles. The SMILES string of the molecule is CC1CC(C)CN(c2ccc(C(=O)N[C@@H]3CC[C@H](C(=O)O)C3)cc2[N+](=O)[O-])C1.